The molecule has 1 aliphatic heterocycles. The average molecular weight is 303 g/mol. The molecule has 0 unspecified atom stereocenters. The lowest BCUT2D eigenvalue weighted by molar-refractivity contribution is 0.204. The third-order valence-corrected chi connectivity index (χ3v) is 6.53. The molecule has 0 amide bonds. The molecule has 0 aromatic heterocycles. The number of nitrogens with zero attached hydrogens (tertiary/aromatic N) is 1. The first-order valence-electron chi connectivity index (χ1n) is 7.52. The van der Waals surface area contributed by atoms with E-state index in [1.807, 2.05) is 44.2 Å². The molecule has 0 saturated carbocycles. The first-order valence-corrected chi connectivity index (χ1v) is 8.96. The Labute approximate surface area is 126 Å². The molecule has 1 heterocycles. The first-order chi connectivity index (χ1) is 10.00. The number of benzene rings is 2. The molecule has 1 aliphatic rings. The Bertz CT molecular complexity index is 744. The standard InChI is InChI=1S/C17H21NO2S/c1-13-6-5-7-14(2)18(13)21(19,20)17-11-10-15-8-3-4-9-16(15)12-17/h3-4,8-14H,5-7H2,1-2H3/t13-,14-/m0/s1. The molecule has 3 nitrogen and oxygen atoms in total. The molecule has 2 atom stereocenters. The molecule has 0 N–H and O–H groups in total. The fourth-order valence-corrected chi connectivity index (χ4v) is 5.24. The van der Waals surface area contributed by atoms with Gasteiger partial charge in [0.15, 0.2) is 0 Å². The minimum absolute atomic E-state index is 0.0743. The van der Waals surface area contributed by atoms with Crippen LogP contribution in [0.3, 0.4) is 0 Å². The van der Waals surface area contributed by atoms with Gasteiger partial charge in [-0.25, -0.2) is 8.42 Å². The van der Waals surface area contributed by atoms with Gasteiger partial charge in [0, 0.05) is 12.1 Å². The van der Waals surface area contributed by atoms with Crippen LogP contribution in [-0.4, -0.2) is 24.8 Å². The van der Waals surface area contributed by atoms with Crippen molar-refractivity contribution in [2.24, 2.45) is 0 Å². The molecule has 3 rings (SSSR count). The zero-order valence-electron chi connectivity index (χ0n) is 12.5. The molecule has 21 heavy (non-hydrogen) atoms. The van der Waals surface area contributed by atoms with Crippen LogP contribution in [0.4, 0.5) is 0 Å². The van der Waals surface area contributed by atoms with Crippen LogP contribution >= 0.6 is 0 Å². The van der Waals surface area contributed by atoms with Crippen LogP contribution in [0.5, 0.6) is 0 Å². The number of fused-ring (bicyclic) bond motifs is 1. The van der Waals surface area contributed by atoms with Crippen molar-refractivity contribution in [2.45, 2.75) is 50.1 Å². The van der Waals surface area contributed by atoms with Crippen LogP contribution < -0.4 is 0 Å². The number of rotatable bonds is 2. The lowest BCUT2D eigenvalue weighted by Gasteiger charge is -2.37. The van der Waals surface area contributed by atoms with Gasteiger partial charge in [0.05, 0.1) is 4.90 Å². The highest BCUT2D eigenvalue weighted by Gasteiger charge is 2.35. The summed E-state index contributed by atoms with van der Waals surface area (Å²) in [7, 11) is -3.42. The van der Waals surface area contributed by atoms with Crippen molar-refractivity contribution >= 4 is 20.8 Å². The summed E-state index contributed by atoms with van der Waals surface area (Å²) in [4.78, 5) is 0.404. The SMILES string of the molecule is C[C@H]1CCC[C@H](C)N1S(=O)(=O)c1ccc2ccccc2c1. The average Bonchev–Trinajstić information content (AvgIpc) is 2.46. The topological polar surface area (TPSA) is 37.4 Å². The normalized spacial score (nSPS) is 24.3. The van der Waals surface area contributed by atoms with E-state index in [4.69, 9.17) is 0 Å². The van der Waals surface area contributed by atoms with Crippen molar-refractivity contribution in [3.05, 3.63) is 42.5 Å². The maximum Gasteiger partial charge on any atom is 0.243 e. The molecule has 2 aromatic carbocycles. The lowest BCUT2D eigenvalue weighted by atomic mass is 10.0. The summed E-state index contributed by atoms with van der Waals surface area (Å²) in [5, 5.41) is 2.03. The van der Waals surface area contributed by atoms with Crippen LogP contribution in [0.25, 0.3) is 10.8 Å². The molecule has 2 aromatic rings. The Morgan fingerprint density at radius 1 is 0.952 bits per heavy atom. The summed E-state index contributed by atoms with van der Waals surface area (Å²) in [6.45, 7) is 4.02. The van der Waals surface area contributed by atoms with Gasteiger partial charge >= 0.3 is 0 Å². The Morgan fingerprint density at radius 3 is 2.24 bits per heavy atom. The summed E-state index contributed by atoms with van der Waals surface area (Å²) < 4.78 is 27.7. The Hall–Kier alpha value is -1.39. The largest absolute Gasteiger partial charge is 0.243 e. The minimum Gasteiger partial charge on any atom is -0.207 e. The molecule has 1 fully saturated rings. The number of hydrogen-bond donors (Lipinski definition) is 0. The maximum atomic E-state index is 13.0. The van der Waals surface area contributed by atoms with Crippen LogP contribution in [0.1, 0.15) is 33.1 Å². The van der Waals surface area contributed by atoms with Gasteiger partial charge in [-0.05, 0) is 49.6 Å². The van der Waals surface area contributed by atoms with Gasteiger partial charge < -0.3 is 0 Å². The molecule has 0 radical (unpaired) electrons. The van der Waals surface area contributed by atoms with Gasteiger partial charge in [-0.3, -0.25) is 0 Å². The van der Waals surface area contributed by atoms with E-state index in [1.165, 1.54) is 0 Å². The van der Waals surface area contributed by atoms with Crippen molar-refractivity contribution in [1.29, 1.82) is 0 Å². The molecule has 4 heteroatoms. The summed E-state index contributed by atoms with van der Waals surface area (Å²) in [6.07, 6.45) is 2.99. The second kappa shape index (κ2) is 5.43. The minimum atomic E-state index is -3.42. The summed E-state index contributed by atoms with van der Waals surface area (Å²) in [5.74, 6) is 0. The van der Waals surface area contributed by atoms with Gasteiger partial charge in [0.2, 0.25) is 10.0 Å². The first kappa shape index (κ1) is 14.5. The third kappa shape index (κ3) is 2.58. The molecule has 112 valence electrons. The zero-order valence-corrected chi connectivity index (χ0v) is 13.3. The fraction of sp³-hybridized carbons (Fsp3) is 0.412. The second-order valence-corrected chi connectivity index (χ2v) is 7.82. The van der Waals surface area contributed by atoms with Crippen molar-refractivity contribution in [1.82, 2.24) is 4.31 Å². The maximum absolute atomic E-state index is 13.0. The predicted octanol–water partition coefficient (Wildman–Crippen LogP) is 3.79. The third-order valence-electron chi connectivity index (χ3n) is 4.41. The quantitative estimate of drug-likeness (QED) is 0.846. The van der Waals surface area contributed by atoms with Gasteiger partial charge in [-0.1, -0.05) is 36.8 Å². The second-order valence-electron chi connectivity index (χ2n) is 5.97. The van der Waals surface area contributed by atoms with Gasteiger partial charge in [-0.15, -0.1) is 0 Å². The fourth-order valence-electron chi connectivity index (χ4n) is 3.32. The van der Waals surface area contributed by atoms with E-state index in [0.717, 1.165) is 30.0 Å². The highest BCUT2D eigenvalue weighted by Crippen LogP contribution is 2.30. The van der Waals surface area contributed by atoms with E-state index in [1.54, 1.807) is 16.4 Å². The molecule has 0 aliphatic carbocycles. The van der Waals surface area contributed by atoms with Crippen molar-refractivity contribution in [2.75, 3.05) is 0 Å². The van der Waals surface area contributed by atoms with Gasteiger partial charge in [0.1, 0.15) is 0 Å². The number of hydrogen-bond acceptors (Lipinski definition) is 2. The lowest BCUT2D eigenvalue weighted by Crippen LogP contribution is -2.47. The van der Waals surface area contributed by atoms with E-state index >= 15 is 0 Å². The van der Waals surface area contributed by atoms with Gasteiger partial charge in [0.25, 0.3) is 0 Å². The predicted molar refractivity (Wildman–Crippen MR) is 85.7 cm³/mol. The Balaban J connectivity index is 2.07. The highest BCUT2D eigenvalue weighted by atomic mass is 32.2. The van der Waals surface area contributed by atoms with Crippen LogP contribution in [0.2, 0.25) is 0 Å². The molecule has 1 saturated heterocycles. The van der Waals surface area contributed by atoms with Crippen molar-refractivity contribution in [3.8, 4) is 0 Å². The van der Waals surface area contributed by atoms with Crippen LogP contribution in [0.15, 0.2) is 47.4 Å². The van der Waals surface area contributed by atoms with E-state index in [9.17, 15) is 8.42 Å². The number of sulfonamides is 1. The van der Waals surface area contributed by atoms with Crippen LogP contribution in [-0.2, 0) is 10.0 Å². The van der Waals surface area contributed by atoms with Crippen LogP contribution in [0, 0.1) is 0 Å². The van der Waals surface area contributed by atoms with E-state index in [0.29, 0.717) is 4.90 Å². The summed E-state index contributed by atoms with van der Waals surface area (Å²) in [6, 6.07) is 13.4. The highest BCUT2D eigenvalue weighted by molar-refractivity contribution is 7.89. The summed E-state index contributed by atoms with van der Waals surface area (Å²) in [5.41, 5.74) is 0. The van der Waals surface area contributed by atoms with Crippen molar-refractivity contribution in [3.63, 3.8) is 0 Å². The number of piperidine rings is 1. The van der Waals surface area contributed by atoms with Crippen molar-refractivity contribution < 1.29 is 8.42 Å². The van der Waals surface area contributed by atoms with E-state index < -0.39 is 10.0 Å². The molecular weight excluding hydrogens is 282 g/mol. The van der Waals surface area contributed by atoms with E-state index in [2.05, 4.69) is 0 Å². The summed E-state index contributed by atoms with van der Waals surface area (Å²) >= 11 is 0. The smallest absolute Gasteiger partial charge is 0.207 e. The molecule has 0 bridgehead atoms. The Morgan fingerprint density at radius 2 is 1.57 bits per heavy atom. The molecule has 0 spiro atoms. The van der Waals surface area contributed by atoms with E-state index in [-0.39, 0.29) is 12.1 Å². The Kier molecular flexibility index (Phi) is 3.76. The zero-order chi connectivity index (χ0) is 15.0. The molecular formula is C17H21NO2S. The monoisotopic (exact) mass is 303 g/mol. The van der Waals surface area contributed by atoms with Gasteiger partial charge in [-0.2, -0.15) is 4.31 Å².